The van der Waals surface area contributed by atoms with Crippen LogP contribution >= 0.6 is 0 Å². The number of ether oxygens (including phenoxy) is 1. The van der Waals surface area contributed by atoms with Gasteiger partial charge in [0.1, 0.15) is 0 Å². The second-order valence-electron chi connectivity index (χ2n) is 3.25. The molecular formula is C9H15NO2S. The van der Waals surface area contributed by atoms with Crippen LogP contribution in [0.25, 0.3) is 0 Å². The van der Waals surface area contributed by atoms with Crippen LogP contribution < -0.4 is 0 Å². The molecule has 3 nitrogen and oxygen atoms in total. The third-order valence-corrected chi connectivity index (χ3v) is 4.26. The van der Waals surface area contributed by atoms with Crippen molar-refractivity contribution in [2.45, 2.75) is 37.5 Å². The standard InChI is InChI=1S/C9H15NO2S/c1-8-9(4-6-12-8)13(11)7-3-2-5-10/h8-9H,2-4,6-7H2,1H3. The van der Waals surface area contributed by atoms with Crippen LogP contribution in [0, 0.1) is 11.3 Å². The molecule has 74 valence electrons. The molecule has 4 heteroatoms. The van der Waals surface area contributed by atoms with Crippen molar-refractivity contribution in [2.24, 2.45) is 0 Å². The van der Waals surface area contributed by atoms with Gasteiger partial charge in [0.05, 0.1) is 17.4 Å². The largest absolute Gasteiger partial charge is 0.377 e. The summed E-state index contributed by atoms with van der Waals surface area (Å²) in [4.78, 5) is 0. The Hall–Kier alpha value is -0.400. The van der Waals surface area contributed by atoms with E-state index in [4.69, 9.17) is 10.00 Å². The highest BCUT2D eigenvalue weighted by molar-refractivity contribution is 7.85. The van der Waals surface area contributed by atoms with E-state index in [-0.39, 0.29) is 11.4 Å². The molecule has 0 aromatic heterocycles. The molecule has 3 unspecified atom stereocenters. The molecule has 1 heterocycles. The fourth-order valence-corrected chi connectivity index (χ4v) is 3.10. The van der Waals surface area contributed by atoms with Crippen LogP contribution in [0.2, 0.25) is 0 Å². The smallest absolute Gasteiger partial charge is 0.0691 e. The average molecular weight is 201 g/mol. The molecule has 0 radical (unpaired) electrons. The summed E-state index contributed by atoms with van der Waals surface area (Å²) in [7, 11) is -0.803. The highest BCUT2D eigenvalue weighted by Gasteiger charge is 2.28. The van der Waals surface area contributed by atoms with E-state index in [9.17, 15) is 4.21 Å². The van der Waals surface area contributed by atoms with E-state index in [1.807, 2.05) is 6.92 Å². The zero-order valence-corrected chi connectivity index (χ0v) is 8.68. The van der Waals surface area contributed by atoms with Gasteiger partial charge in [0.2, 0.25) is 0 Å². The van der Waals surface area contributed by atoms with E-state index in [2.05, 4.69) is 6.07 Å². The molecule has 1 saturated heterocycles. The predicted molar refractivity (Wildman–Crippen MR) is 51.7 cm³/mol. The Kier molecular flexibility index (Phi) is 4.40. The molecule has 13 heavy (non-hydrogen) atoms. The summed E-state index contributed by atoms with van der Waals surface area (Å²) >= 11 is 0. The molecule has 3 atom stereocenters. The third kappa shape index (κ3) is 3.09. The molecule has 0 aromatic carbocycles. The van der Waals surface area contributed by atoms with Crippen LogP contribution in [0.1, 0.15) is 26.2 Å². The fraction of sp³-hybridized carbons (Fsp3) is 0.889. The SMILES string of the molecule is CC1OCCC1S(=O)CCCC#N. The molecule has 0 bridgehead atoms. The van der Waals surface area contributed by atoms with Crippen molar-refractivity contribution >= 4 is 10.8 Å². The van der Waals surface area contributed by atoms with Gasteiger partial charge >= 0.3 is 0 Å². The minimum atomic E-state index is -0.803. The molecule has 0 spiro atoms. The normalized spacial score (nSPS) is 29.8. The monoisotopic (exact) mass is 201 g/mol. The summed E-state index contributed by atoms with van der Waals surface area (Å²) in [6.07, 6.45) is 2.28. The second-order valence-corrected chi connectivity index (χ2v) is 5.02. The topological polar surface area (TPSA) is 50.1 Å². The highest BCUT2D eigenvalue weighted by atomic mass is 32.2. The first-order valence-electron chi connectivity index (χ1n) is 4.61. The summed E-state index contributed by atoms with van der Waals surface area (Å²) in [6, 6.07) is 2.06. The Balaban J connectivity index is 2.27. The van der Waals surface area contributed by atoms with Crippen molar-refractivity contribution < 1.29 is 8.95 Å². The Morgan fingerprint density at radius 1 is 1.69 bits per heavy atom. The summed E-state index contributed by atoms with van der Waals surface area (Å²) in [5, 5.41) is 8.52. The van der Waals surface area contributed by atoms with Gasteiger partial charge in [-0.1, -0.05) is 0 Å². The van der Waals surface area contributed by atoms with Crippen molar-refractivity contribution in [1.82, 2.24) is 0 Å². The molecule has 1 fully saturated rings. The Bertz CT molecular complexity index is 224. The van der Waals surface area contributed by atoms with Crippen LogP contribution in [0.5, 0.6) is 0 Å². The van der Waals surface area contributed by atoms with Gasteiger partial charge in [0, 0.05) is 29.6 Å². The molecule has 0 aromatic rings. The maximum absolute atomic E-state index is 11.7. The quantitative estimate of drug-likeness (QED) is 0.642. The molecule has 0 aliphatic carbocycles. The first kappa shape index (κ1) is 10.7. The molecule has 0 saturated carbocycles. The van der Waals surface area contributed by atoms with Gasteiger partial charge < -0.3 is 4.74 Å². The Morgan fingerprint density at radius 2 is 2.46 bits per heavy atom. The predicted octanol–water partition coefficient (Wildman–Crippen LogP) is 1.22. The lowest BCUT2D eigenvalue weighted by atomic mass is 10.3. The Morgan fingerprint density at radius 3 is 3.00 bits per heavy atom. The second kappa shape index (κ2) is 5.36. The van der Waals surface area contributed by atoms with Gasteiger partial charge in [0.15, 0.2) is 0 Å². The molecule has 1 rings (SSSR count). The number of nitriles is 1. The minimum absolute atomic E-state index is 0.128. The lowest BCUT2D eigenvalue weighted by Crippen LogP contribution is -2.24. The maximum atomic E-state index is 11.7. The van der Waals surface area contributed by atoms with Crippen LogP contribution in [0.4, 0.5) is 0 Å². The van der Waals surface area contributed by atoms with Gasteiger partial charge in [-0.05, 0) is 19.8 Å². The molecule has 0 N–H and O–H groups in total. The van der Waals surface area contributed by atoms with E-state index in [0.717, 1.165) is 19.4 Å². The number of rotatable bonds is 4. The Labute approximate surface area is 81.5 Å². The van der Waals surface area contributed by atoms with Crippen molar-refractivity contribution in [2.75, 3.05) is 12.4 Å². The van der Waals surface area contributed by atoms with Crippen LogP contribution in [0.15, 0.2) is 0 Å². The van der Waals surface area contributed by atoms with Crippen LogP contribution in [-0.4, -0.2) is 27.9 Å². The number of nitrogens with zero attached hydrogens (tertiary/aromatic N) is 1. The number of hydrogen-bond donors (Lipinski definition) is 0. The number of unbranched alkanes of at least 4 members (excludes halogenated alkanes) is 1. The van der Waals surface area contributed by atoms with Gasteiger partial charge in [-0.15, -0.1) is 0 Å². The zero-order chi connectivity index (χ0) is 9.68. The first-order chi connectivity index (χ1) is 6.25. The molecule has 1 aliphatic heterocycles. The van der Waals surface area contributed by atoms with Gasteiger partial charge in [-0.2, -0.15) is 5.26 Å². The van der Waals surface area contributed by atoms with Crippen LogP contribution in [-0.2, 0) is 15.5 Å². The first-order valence-corrected chi connectivity index (χ1v) is 5.99. The fourth-order valence-electron chi connectivity index (χ4n) is 1.50. The van der Waals surface area contributed by atoms with Crippen molar-refractivity contribution in [3.8, 4) is 6.07 Å². The van der Waals surface area contributed by atoms with E-state index < -0.39 is 10.8 Å². The summed E-state index contributed by atoms with van der Waals surface area (Å²) in [5.74, 6) is 0.645. The van der Waals surface area contributed by atoms with Crippen molar-refractivity contribution in [3.63, 3.8) is 0 Å². The zero-order valence-electron chi connectivity index (χ0n) is 7.86. The highest BCUT2D eigenvalue weighted by Crippen LogP contribution is 2.19. The van der Waals surface area contributed by atoms with E-state index >= 15 is 0 Å². The number of hydrogen-bond acceptors (Lipinski definition) is 3. The summed E-state index contributed by atoms with van der Waals surface area (Å²) < 4.78 is 17.0. The van der Waals surface area contributed by atoms with E-state index in [1.54, 1.807) is 0 Å². The lowest BCUT2D eigenvalue weighted by Gasteiger charge is -2.12. The van der Waals surface area contributed by atoms with Gasteiger partial charge in [-0.25, -0.2) is 0 Å². The minimum Gasteiger partial charge on any atom is -0.377 e. The van der Waals surface area contributed by atoms with Gasteiger partial charge in [0.25, 0.3) is 0 Å². The summed E-state index contributed by atoms with van der Waals surface area (Å²) in [6.45, 7) is 2.70. The van der Waals surface area contributed by atoms with E-state index in [0.29, 0.717) is 12.2 Å². The average Bonchev–Trinajstić information content (AvgIpc) is 2.52. The molecule has 0 amide bonds. The van der Waals surface area contributed by atoms with Gasteiger partial charge in [-0.3, -0.25) is 4.21 Å². The van der Waals surface area contributed by atoms with Crippen LogP contribution in [0.3, 0.4) is 0 Å². The lowest BCUT2D eigenvalue weighted by molar-refractivity contribution is 0.127. The molecule has 1 aliphatic rings. The summed E-state index contributed by atoms with van der Waals surface area (Å²) in [5.41, 5.74) is 0. The van der Waals surface area contributed by atoms with Crippen molar-refractivity contribution in [3.05, 3.63) is 0 Å². The van der Waals surface area contributed by atoms with Crippen molar-refractivity contribution in [1.29, 1.82) is 5.26 Å². The molecular weight excluding hydrogens is 186 g/mol. The third-order valence-electron chi connectivity index (χ3n) is 2.28. The maximum Gasteiger partial charge on any atom is 0.0691 e. The van der Waals surface area contributed by atoms with E-state index in [1.165, 1.54) is 0 Å².